The molecule has 0 spiro atoms. The maximum Gasteiger partial charge on any atom is 0.446 e. The number of benzene rings is 1. The molecule has 1 aromatic carbocycles. The summed E-state index contributed by atoms with van der Waals surface area (Å²) >= 11 is -0.231. The summed E-state index contributed by atoms with van der Waals surface area (Å²) in [5, 5.41) is 11.4. The van der Waals surface area contributed by atoms with E-state index in [9.17, 15) is 18.0 Å². The molecule has 0 radical (unpaired) electrons. The van der Waals surface area contributed by atoms with Crippen LogP contribution in [0.25, 0.3) is 0 Å². The Bertz CT molecular complexity index is 392. The number of hydrogen-bond donors (Lipinski definition) is 2. The van der Waals surface area contributed by atoms with Crippen molar-refractivity contribution in [2.75, 3.05) is 7.05 Å². The number of hydrogen-bond acceptors (Lipinski definition) is 3. The third-order valence-corrected chi connectivity index (χ3v) is 2.72. The van der Waals surface area contributed by atoms with Crippen LogP contribution in [0.4, 0.5) is 13.2 Å². The van der Waals surface area contributed by atoms with E-state index >= 15 is 0 Å². The monoisotopic (exact) mass is 265 g/mol. The minimum absolute atomic E-state index is 0.0292. The molecule has 0 amide bonds. The zero-order chi connectivity index (χ0) is 13.1. The first-order valence-corrected chi connectivity index (χ1v) is 5.41. The average molecular weight is 265 g/mol. The van der Waals surface area contributed by atoms with E-state index in [0.29, 0.717) is 5.56 Å². The van der Waals surface area contributed by atoms with E-state index in [1.165, 1.54) is 31.3 Å². The van der Waals surface area contributed by atoms with Gasteiger partial charge in [0.05, 0.1) is 0 Å². The SMILES string of the molecule is CNC(C(=O)O)c1ccc(SC(F)(F)F)cc1. The summed E-state index contributed by atoms with van der Waals surface area (Å²) in [5.41, 5.74) is -3.93. The highest BCUT2D eigenvalue weighted by atomic mass is 32.2. The molecule has 0 aliphatic rings. The number of carboxylic acids is 1. The molecule has 0 aliphatic carbocycles. The predicted molar refractivity (Wildman–Crippen MR) is 57.8 cm³/mol. The van der Waals surface area contributed by atoms with E-state index in [1.54, 1.807) is 0 Å². The highest BCUT2D eigenvalue weighted by molar-refractivity contribution is 8.00. The predicted octanol–water partition coefficient (Wildman–Crippen LogP) is 2.64. The molecule has 1 aromatic rings. The normalized spacial score (nSPS) is 13.4. The number of rotatable bonds is 4. The van der Waals surface area contributed by atoms with Crippen LogP contribution in [0, 0.1) is 0 Å². The number of carbonyl (C=O) groups is 1. The number of thioether (sulfide) groups is 1. The van der Waals surface area contributed by atoms with Gasteiger partial charge in [0.25, 0.3) is 0 Å². The van der Waals surface area contributed by atoms with E-state index in [1.807, 2.05) is 0 Å². The van der Waals surface area contributed by atoms with Crippen LogP contribution in [0.1, 0.15) is 11.6 Å². The standard InChI is InChI=1S/C10H10F3NO2S/c1-14-8(9(15)16)6-2-4-7(5-3-6)17-10(11,12)13/h2-5,8,14H,1H3,(H,15,16). The molecule has 0 aliphatic heterocycles. The Hall–Kier alpha value is -1.21. The second-order valence-electron chi connectivity index (χ2n) is 3.18. The second-order valence-corrected chi connectivity index (χ2v) is 4.32. The minimum Gasteiger partial charge on any atom is -0.480 e. The van der Waals surface area contributed by atoms with E-state index in [0.717, 1.165) is 0 Å². The molecule has 1 unspecified atom stereocenters. The third-order valence-electron chi connectivity index (χ3n) is 1.98. The Kier molecular flexibility index (Phi) is 4.41. The van der Waals surface area contributed by atoms with Gasteiger partial charge >= 0.3 is 11.5 Å². The first-order valence-electron chi connectivity index (χ1n) is 4.59. The molecular weight excluding hydrogens is 255 g/mol. The lowest BCUT2D eigenvalue weighted by molar-refractivity contribution is -0.139. The van der Waals surface area contributed by atoms with Crippen molar-refractivity contribution in [3.05, 3.63) is 29.8 Å². The second kappa shape index (κ2) is 5.42. The van der Waals surface area contributed by atoms with Crippen LogP contribution in [-0.4, -0.2) is 23.6 Å². The highest BCUT2D eigenvalue weighted by Gasteiger charge is 2.29. The van der Waals surface area contributed by atoms with Crippen molar-refractivity contribution in [3.8, 4) is 0 Å². The van der Waals surface area contributed by atoms with E-state index in [4.69, 9.17) is 5.11 Å². The summed E-state index contributed by atoms with van der Waals surface area (Å²) in [5.74, 6) is -1.08. The van der Waals surface area contributed by atoms with Crippen LogP contribution in [0.2, 0.25) is 0 Å². The number of alkyl halides is 3. The van der Waals surface area contributed by atoms with Gasteiger partial charge in [0.15, 0.2) is 0 Å². The summed E-state index contributed by atoms with van der Waals surface area (Å²) in [6, 6.07) is 4.31. The van der Waals surface area contributed by atoms with Crippen LogP contribution in [0.15, 0.2) is 29.2 Å². The fourth-order valence-electron chi connectivity index (χ4n) is 1.29. The molecule has 0 heterocycles. The van der Waals surface area contributed by atoms with E-state index < -0.39 is 17.5 Å². The van der Waals surface area contributed by atoms with Crippen molar-refractivity contribution in [2.24, 2.45) is 0 Å². The van der Waals surface area contributed by atoms with Crippen molar-refractivity contribution in [1.29, 1.82) is 0 Å². The molecule has 3 nitrogen and oxygen atoms in total. The van der Waals surface area contributed by atoms with Crippen molar-refractivity contribution in [1.82, 2.24) is 5.32 Å². The van der Waals surface area contributed by atoms with Crippen molar-refractivity contribution >= 4 is 17.7 Å². The van der Waals surface area contributed by atoms with Gasteiger partial charge in [-0.2, -0.15) is 13.2 Å². The minimum atomic E-state index is -4.34. The maximum atomic E-state index is 12.1. The van der Waals surface area contributed by atoms with Crippen LogP contribution >= 0.6 is 11.8 Å². The third kappa shape index (κ3) is 4.27. The van der Waals surface area contributed by atoms with Crippen molar-refractivity contribution in [3.63, 3.8) is 0 Å². The molecule has 7 heteroatoms. The van der Waals surface area contributed by atoms with Crippen molar-refractivity contribution < 1.29 is 23.1 Å². The fraction of sp³-hybridized carbons (Fsp3) is 0.300. The lowest BCUT2D eigenvalue weighted by Gasteiger charge is -2.12. The molecule has 0 aromatic heterocycles. The number of halogens is 3. The first-order chi connectivity index (χ1) is 7.83. The van der Waals surface area contributed by atoms with Gasteiger partial charge in [-0.1, -0.05) is 12.1 Å². The zero-order valence-electron chi connectivity index (χ0n) is 8.78. The molecule has 94 valence electrons. The number of nitrogens with one attached hydrogen (secondary N) is 1. The Labute approximate surface area is 100 Å². The fourth-order valence-corrected chi connectivity index (χ4v) is 1.83. The van der Waals surface area contributed by atoms with Gasteiger partial charge in [-0.15, -0.1) is 0 Å². The van der Waals surface area contributed by atoms with Gasteiger partial charge in [0, 0.05) is 4.90 Å². The molecule has 0 saturated carbocycles. The largest absolute Gasteiger partial charge is 0.480 e. The van der Waals surface area contributed by atoms with Gasteiger partial charge in [-0.3, -0.25) is 4.79 Å². The summed E-state index contributed by atoms with van der Waals surface area (Å²) in [6.07, 6.45) is 0. The molecule has 17 heavy (non-hydrogen) atoms. The molecule has 1 rings (SSSR count). The van der Waals surface area contributed by atoms with Gasteiger partial charge in [-0.05, 0) is 36.5 Å². The van der Waals surface area contributed by atoms with E-state index in [2.05, 4.69) is 5.32 Å². The molecule has 0 saturated heterocycles. The number of likely N-dealkylation sites (N-methyl/N-ethyl adjacent to an activating group) is 1. The van der Waals surface area contributed by atoms with Gasteiger partial charge in [0.2, 0.25) is 0 Å². The van der Waals surface area contributed by atoms with Crippen LogP contribution in [-0.2, 0) is 4.79 Å². The van der Waals surface area contributed by atoms with Crippen LogP contribution < -0.4 is 5.32 Å². The molecule has 1 atom stereocenters. The maximum absolute atomic E-state index is 12.1. The Morgan fingerprint density at radius 2 is 1.88 bits per heavy atom. The lowest BCUT2D eigenvalue weighted by Crippen LogP contribution is -2.24. The molecule has 0 fully saturated rings. The zero-order valence-corrected chi connectivity index (χ0v) is 9.60. The summed E-state index contributed by atoms with van der Waals surface area (Å²) in [6.45, 7) is 0. The Balaban J connectivity index is 2.84. The lowest BCUT2D eigenvalue weighted by atomic mass is 10.1. The summed E-state index contributed by atoms with van der Waals surface area (Å²) < 4.78 is 36.2. The average Bonchev–Trinajstić information content (AvgIpc) is 2.18. The highest BCUT2D eigenvalue weighted by Crippen LogP contribution is 2.36. The Morgan fingerprint density at radius 3 is 2.24 bits per heavy atom. The van der Waals surface area contributed by atoms with Gasteiger partial charge in [-0.25, -0.2) is 0 Å². The topological polar surface area (TPSA) is 49.3 Å². The molecular formula is C10H10F3NO2S. The van der Waals surface area contributed by atoms with Gasteiger partial charge in [0.1, 0.15) is 6.04 Å². The summed E-state index contributed by atoms with van der Waals surface area (Å²) in [4.78, 5) is 10.8. The van der Waals surface area contributed by atoms with E-state index in [-0.39, 0.29) is 16.7 Å². The van der Waals surface area contributed by atoms with Crippen molar-refractivity contribution in [2.45, 2.75) is 16.4 Å². The molecule has 2 N–H and O–H groups in total. The Morgan fingerprint density at radius 1 is 1.35 bits per heavy atom. The summed E-state index contributed by atoms with van der Waals surface area (Å²) in [7, 11) is 1.47. The smallest absolute Gasteiger partial charge is 0.446 e. The van der Waals surface area contributed by atoms with Crippen LogP contribution in [0.5, 0.6) is 0 Å². The first kappa shape index (κ1) is 13.9. The van der Waals surface area contributed by atoms with Gasteiger partial charge < -0.3 is 10.4 Å². The quantitative estimate of drug-likeness (QED) is 0.822. The number of carboxylic acid groups (broad SMARTS) is 1. The molecule has 0 bridgehead atoms. The number of aliphatic carboxylic acids is 1. The van der Waals surface area contributed by atoms with Crippen LogP contribution in [0.3, 0.4) is 0 Å².